The number of fused-ring (bicyclic) bond motifs is 1. The number of hydrogen-bond acceptors (Lipinski definition) is 4. The summed E-state index contributed by atoms with van der Waals surface area (Å²) in [4.78, 5) is 26.0. The van der Waals surface area contributed by atoms with Crippen LogP contribution >= 0.6 is 11.3 Å². The van der Waals surface area contributed by atoms with Crippen molar-refractivity contribution < 1.29 is 13.2 Å². The Morgan fingerprint density at radius 2 is 1.82 bits per heavy atom. The van der Waals surface area contributed by atoms with Crippen molar-refractivity contribution in [2.75, 3.05) is 5.73 Å². The Hall–Kier alpha value is -2.55. The van der Waals surface area contributed by atoms with Gasteiger partial charge in [-0.05, 0) is 17.5 Å². The lowest BCUT2D eigenvalue weighted by Crippen LogP contribution is -2.38. The molecule has 5 nitrogen and oxygen atoms in total. The molecule has 0 spiro atoms. The molecule has 0 saturated heterocycles. The molecule has 0 fully saturated rings. The van der Waals surface area contributed by atoms with Gasteiger partial charge in [-0.25, -0.2) is 4.79 Å². The van der Waals surface area contributed by atoms with E-state index >= 15 is 0 Å². The standard InChI is InChI=1S/C19H20F3N3O2S/c1-10(2)9-25-17-14(16(26)24(3)18(25)27)15(23)13(28-17)8-11-6-4-5-7-12(11)19(20,21)22/h4-7,10H,8-9,23H2,1-3H3. The number of alkyl halides is 3. The molecular weight excluding hydrogens is 391 g/mol. The maximum absolute atomic E-state index is 13.3. The van der Waals surface area contributed by atoms with Crippen molar-refractivity contribution in [2.45, 2.75) is 33.0 Å². The smallest absolute Gasteiger partial charge is 0.397 e. The number of nitrogens with two attached hydrogens (primary N) is 1. The summed E-state index contributed by atoms with van der Waals surface area (Å²) in [5, 5.41) is 0.187. The van der Waals surface area contributed by atoms with Crippen molar-refractivity contribution in [3.8, 4) is 0 Å². The second-order valence-corrected chi connectivity index (χ2v) is 8.19. The Morgan fingerprint density at radius 3 is 2.43 bits per heavy atom. The summed E-state index contributed by atoms with van der Waals surface area (Å²) in [5.41, 5.74) is 4.63. The summed E-state index contributed by atoms with van der Waals surface area (Å²) in [5.74, 6) is 0.135. The van der Waals surface area contributed by atoms with Crippen molar-refractivity contribution >= 4 is 27.2 Å². The van der Waals surface area contributed by atoms with E-state index in [1.165, 1.54) is 29.8 Å². The molecule has 1 aromatic carbocycles. The molecule has 9 heteroatoms. The van der Waals surface area contributed by atoms with E-state index in [1.54, 1.807) is 0 Å². The summed E-state index contributed by atoms with van der Waals surface area (Å²) >= 11 is 1.10. The molecule has 2 aromatic heterocycles. The fraction of sp³-hybridized carbons (Fsp3) is 0.368. The highest BCUT2D eigenvalue weighted by Crippen LogP contribution is 2.37. The van der Waals surface area contributed by atoms with Gasteiger partial charge in [0.15, 0.2) is 0 Å². The van der Waals surface area contributed by atoms with E-state index in [-0.39, 0.29) is 29.0 Å². The van der Waals surface area contributed by atoms with E-state index in [4.69, 9.17) is 5.73 Å². The molecule has 0 radical (unpaired) electrons. The molecule has 28 heavy (non-hydrogen) atoms. The van der Waals surface area contributed by atoms with Crippen LogP contribution in [-0.4, -0.2) is 9.13 Å². The van der Waals surface area contributed by atoms with Gasteiger partial charge in [0, 0.05) is 24.9 Å². The Labute approximate surface area is 162 Å². The Kier molecular flexibility index (Phi) is 5.14. The lowest BCUT2D eigenvalue weighted by molar-refractivity contribution is -0.138. The van der Waals surface area contributed by atoms with Crippen LogP contribution in [0.5, 0.6) is 0 Å². The minimum atomic E-state index is -4.49. The van der Waals surface area contributed by atoms with Gasteiger partial charge in [-0.15, -0.1) is 11.3 Å². The molecule has 0 aliphatic rings. The molecule has 2 N–H and O–H groups in total. The number of nitrogens with zero attached hydrogens (tertiary/aromatic N) is 2. The monoisotopic (exact) mass is 411 g/mol. The minimum Gasteiger partial charge on any atom is -0.397 e. The summed E-state index contributed by atoms with van der Waals surface area (Å²) in [6.07, 6.45) is -4.56. The highest BCUT2D eigenvalue weighted by molar-refractivity contribution is 7.19. The lowest BCUT2D eigenvalue weighted by atomic mass is 10.0. The first-order valence-corrected chi connectivity index (χ1v) is 9.49. The zero-order chi connectivity index (χ0) is 20.8. The highest BCUT2D eigenvalue weighted by Gasteiger charge is 2.33. The van der Waals surface area contributed by atoms with Crippen molar-refractivity contribution in [3.05, 3.63) is 61.1 Å². The molecule has 3 aromatic rings. The number of benzene rings is 1. The minimum absolute atomic E-state index is 0.0696. The summed E-state index contributed by atoms with van der Waals surface area (Å²) in [6, 6.07) is 5.27. The van der Waals surface area contributed by atoms with Gasteiger partial charge in [0.2, 0.25) is 0 Å². The predicted molar refractivity (Wildman–Crippen MR) is 105 cm³/mol. The van der Waals surface area contributed by atoms with Crippen LogP contribution in [0.4, 0.5) is 18.9 Å². The van der Waals surface area contributed by atoms with Gasteiger partial charge < -0.3 is 5.73 Å². The Morgan fingerprint density at radius 1 is 1.18 bits per heavy atom. The van der Waals surface area contributed by atoms with Crippen molar-refractivity contribution in [3.63, 3.8) is 0 Å². The van der Waals surface area contributed by atoms with Crippen molar-refractivity contribution in [1.82, 2.24) is 9.13 Å². The van der Waals surface area contributed by atoms with Crippen LogP contribution in [0, 0.1) is 5.92 Å². The molecule has 0 bridgehead atoms. The molecule has 3 rings (SSSR count). The fourth-order valence-corrected chi connectivity index (χ4v) is 4.41. The normalized spacial score (nSPS) is 12.2. The first kappa shape index (κ1) is 20.2. The summed E-state index contributed by atoms with van der Waals surface area (Å²) < 4.78 is 42.4. The maximum atomic E-state index is 13.3. The Balaban J connectivity index is 2.23. The molecule has 0 saturated carbocycles. The van der Waals surface area contributed by atoms with Crippen LogP contribution in [0.1, 0.15) is 29.9 Å². The van der Waals surface area contributed by atoms with Gasteiger partial charge in [-0.1, -0.05) is 32.0 Å². The van der Waals surface area contributed by atoms with Crippen LogP contribution in [0.15, 0.2) is 33.9 Å². The van der Waals surface area contributed by atoms with Gasteiger partial charge in [-0.2, -0.15) is 13.2 Å². The van der Waals surface area contributed by atoms with Crippen LogP contribution in [0.2, 0.25) is 0 Å². The van der Waals surface area contributed by atoms with E-state index in [2.05, 4.69) is 0 Å². The second-order valence-electron chi connectivity index (χ2n) is 7.10. The van der Waals surface area contributed by atoms with Gasteiger partial charge in [0.1, 0.15) is 4.83 Å². The van der Waals surface area contributed by atoms with Gasteiger partial charge in [0.25, 0.3) is 5.56 Å². The quantitative estimate of drug-likeness (QED) is 0.713. The number of hydrogen-bond donors (Lipinski definition) is 1. The maximum Gasteiger partial charge on any atom is 0.416 e. The van der Waals surface area contributed by atoms with E-state index < -0.39 is 23.0 Å². The summed E-state index contributed by atoms with van der Waals surface area (Å²) in [7, 11) is 1.37. The largest absolute Gasteiger partial charge is 0.416 e. The number of nitrogen functional groups attached to an aromatic ring is 1. The highest BCUT2D eigenvalue weighted by atomic mass is 32.1. The van der Waals surface area contributed by atoms with Gasteiger partial charge in [-0.3, -0.25) is 13.9 Å². The third kappa shape index (κ3) is 3.46. The van der Waals surface area contributed by atoms with Crippen LogP contribution in [0.25, 0.3) is 10.2 Å². The molecule has 0 aliphatic carbocycles. The number of thiophene rings is 1. The Bertz CT molecular complexity index is 1160. The second kappa shape index (κ2) is 7.12. The first-order valence-electron chi connectivity index (χ1n) is 8.68. The van der Waals surface area contributed by atoms with E-state index in [9.17, 15) is 22.8 Å². The third-order valence-corrected chi connectivity index (χ3v) is 5.73. The number of anilines is 1. The molecule has 0 aliphatic heterocycles. The van der Waals surface area contributed by atoms with Gasteiger partial charge in [0.05, 0.1) is 16.6 Å². The molecule has 150 valence electrons. The van der Waals surface area contributed by atoms with Crippen molar-refractivity contribution in [2.24, 2.45) is 13.0 Å². The molecular formula is C19H20F3N3O2S. The molecule has 2 heterocycles. The molecule has 0 atom stereocenters. The predicted octanol–water partition coefficient (Wildman–Crippen LogP) is 3.61. The molecule has 0 amide bonds. The third-order valence-electron chi connectivity index (χ3n) is 4.51. The molecule has 0 unspecified atom stereocenters. The lowest BCUT2D eigenvalue weighted by Gasteiger charge is -2.12. The zero-order valence-electron chi connectivity index (χ0n) is 15.6. The number of rotatable bonds is 4. The SMILES string of the molecule is CC(C)Cn1c(=O)n(C)c(=O)c2c(N)c(Cc3ccccc3C(F)(F)F)sc21. The average Bonchev–Trinajstić information content (AvgIpc) is 2.93. The summed E-state index contributed by atoms with van der Waals surface area (Å²) in [6.45, 7) is 4.24. The fourth-order valence-electron chi connectivity index (χ4n) is 3.18. The van der Waals surface area contributed by atoms with Crippen LogP contribution in [0.3, 0.4) is 0 Å². The zero-order valence-corrected chi connectivity index (χ0v) is 16.4. The van der Waals surface area contributed by atoms with Crippen LogP contribution < -0.4 is 17.0 Å². The van der Waals surface area contributed by atoms with E-state index in [0.29, 0.717) is 16.3 Å². The first-order chi connectivity index (χ1) is 13.0. The van der Waals surface area contributed by atoms with E-state index in [0.717, 1.165) is 22.0 Å². The number of halogens is 3. The van der Waals surface area contributed by atoms with Gasteiger partial charge >= 0.3 is 11.9 Å². The number of aromatic nitrogens is 2. The van der Waals surface area contributed by atoms with E-state index in [1.807, 2.05) is 13.8 Å². The topological polar surface area (TPSA) is 70.0 Å². The average molecular weight is 411 g/mol. The van der Waals surface area contributed by atoms with Crippen LogP contribution in [-0.2, 0) is 26.2 Å². The van der Waals surface area contributed by atoms with Crippen molar-refractivity contribution in [1.29, 1.82) is 0 Å².